The molecule has 0 saturated heterocycles. The first-order chi connectivity index (χ1) is 3.47. The van der Waals surface area contributed by atoms with E-state index in [4.69, 9.17) is 0 Å². The molecular weight excluding hydrogens is 84.1 g/mol. The molecule has 3 aliphatic rings. The van der Waals surface area contributed by atoms with Gasteiger partial charge in [-0.2, -0.15) is 0 Å². The molecule has 0 bridgehead atoms. The van der Waals surface area contributed by atoms with Crippen LogP contribution in [0.2, 0.25) is 0 Å². The number of rotatable bonds is 0. The molecule has 0 aromatic heterocycles. The Morgan fingerprint density at radius 3 is 2.57 bits per heavy atom. The molecule has 7 heavy (non-hydrogen) atoms. The van der Waals surface area contributed by atoms with Crippen molar-refractivity contribution >= 4 is 0 Å². The Bertz CT molecular complexity index is 196. The minimum atomic E-state index is 0.907. The van der Waals surface area contributed by atoms with Gasteiger partial charge in [0.25, 0.3) is 0 Å². The van der Waals surface area contributed by atoms with Crippen LogP contribution in [0.1, 0.15) is 6.42 Å². The van der Waals surface area contributed by atoms with Gasteiger partial charge in [0, 0.05) is 11.8 Å². The van der Waals surface area contributed by atoms with Gasteiger partial charge >= 0.3 is 0 Å². The van der Waals surface area contributed by atoms with Gasteiger partial charge in [-0.3, -0.25) is 0 Å². The summed E-state index contributed by atoms with van der Waals surface area (Å²) in [6.45, 7) is 0. The summed E-state index contributed by atoms with van der Waals surface area (Å²) in [4.78, 5) is 0. The minimum Gasteiger partial charge on any atom is -0.0801 e. The number of hydrogen-bond acceptors (Lipinski definition) is 0. The fourth-order valence-electron chi connectivity index (χ4n) is 1.87. The number of allylic oxidation sites excluding steroid dienone is 4. The first-order valence-electron chi connectivity index (χ1n) is 2.88. The van der Waals surface area contributed by atoms with E-state index in [1.54, 1.807) is 11.1 Å². The molecule has 2 atom stereocenters. The molecule has 0 heterocycles. The second kappa shape index (κ2) is 0.525. The molecule has 0 N–H and O–H groups in total. The molecule has 0 radical (unpaired) electrons. The summed E-state index contributed by atoms with van der Waals surface area (Å²) in [5.41, 5.74) is 3.55. The van der Waals surface area contributed by atoms with Crippen LogP contribution in [0.15, 0.2) is 23.3 Å². The monoisotopic (exact) mass is 90.0 g/mol. The zero-order valence-electron chi connectivity index (χ0n) is 4.02. The van der Waals surface area contributed by atoms with E-state index in [1.165, 1.54) is 6.42 Å². The van der Waals surface area contributed by atoms with Gasteiger partial charge < -0.3 is 0 Å². The topological polar surface area (TPSA) is 0 Å². The van der Waals surface area contributed by atoms with E-state index in [-0.39, 0.29) is 0 Å². The normalized spacial score (nSPS) is 49.1. The van der Waals surface area contributed by atoms with Crippen LogP contribution in [0.5, 0.6) is 0 Å². The highest BCUT2D eigenvalue weighted by Gasteiger charge is 2.50. The molecule has 3 aliphatic carbocycles. The van der Waals surface area contributed by atoms with Gasteiger partial charge in [-0.25, -0.2) is 0 Å². The molecule has 0 spiro atoms. The van der Waals surface area contributed by atoms with Crippen molar-refractivity contribution in [3.05, 3.63) is 23.3 Å². The van der Waals surface area contributed by atoms with E-state index in [9.17, 15) is 0 Å². The average molecular weight is 90.1 g/mol. The summed E-state index contributed by atoms with van der Waals surface area (Å²) in [6, 6.07) is 0. The van der Waals surface area contributed by atoms with Crippen LogP contribution in [-0.2, 0) is 0 Å². The largest absolute Gasteiger partial charge is 0.0801 e. The number of fused-ring (bicyclic) bond motifs is 1. The van der Waals surface area contributed by atoms with Gasteiger partial charge in [-0.05, 0) is 6.42 Å². The summed E-state index contributed by atoms with van der Waals surface area (Å²) < 4.78 is 0. The highest BCUT2D eigenvalue weighted by molar-refractivity contribution is 5.61. The molecule has 0 aromatic rings. The minimum absolute atomic E-state index is 0.907. The van der Waals surface area contributed by atoms with Crippen LogP contribution in [0.25, 0.3) is 0 Å². The third kappa shape index (κ3) is 0.131. The maximum Gasteiger partial charge on any atom is 0.0199 e. The highest BCUT2D eigenvalue weighted by atomic mass is 14.5. The Balaban J connectivity index is 2.33. The van der Waals surface area contributed by atoms with E-state index in [0.29, 0.717) is 0 Å². The van der Waals surface area contributed by atoms with Gasteiger partial charge in [0.1, 0.15) is 0 Å². The molecule has 0 amide bonds. The van der Waals surface area contributed by atoms with Gasteiger partial charge in [0.2, 0.25) is 0 Å². The average Bonchev–Trinajstić information content (AvgIpc) is 2.02. The molecule has 2 unspecified atom stereocenters. The lowest BCUT2D eigenvalue weighted by atomic mass is 9.95. The first-order valence-corrected chi connectivity index (χ1v) is 2.88. The molecule has 34 valence electrons. The lowest BCUT2D eigenvalue weighted by Crippen LogP contribution is -1.96. The SMILES string of the molecule is C1=CC2C3=C2C1C3. The maximum absolute atomic E-state index is 2.35. The van der Waals surface area contributed by atoms with Gasteiger partial charge in [-0.1, -0.05) is 23.3 Å². The molecular formula is C7H6. The molecule has 0 nitrogen and oxygen atoms in total. The smallest absolute Gasteiger partial charge is 0.0199 e. The zero-order chi connectivity index (χ0) is 4.43. The number of hydrogen-bond donors (Lipinski definition) is 0. The van der Waals surface area contributed by atoms with Crippen molar-refractivity contribution in [2.45, 2.75) is 6.42 Å². The lowest BCUT2D eigenvalue weighted by molar-refractivity contribution is 0.760. The molecule has 0 saturated carbocycles. The van der Waals surface area contributed by atoms with E-state index in [0.717, 1.165) is 11.8 Å². The Morgan fingerprint density at radius 1 is 1.43 bits per heavy atom. The summed E-state index contributed by atoms with van der Waals surface area (Å²) in [6.07, 6.45) is 6.11. The van der Waals surface area contributed by atoms with Crippen molar-refractivity contribution in [2.75, 3.05) is 0 Å². The van der Waals surface area contributed by atoms with Crippen LogP contribution in [0.3, 0.4) is 0 Å². The van der Waals surface area contributed by atoms with E-state index < -0.39 is 0 Å². The first kappa shape index (κ1) is 2.71. The van der Waals surface area contributed by atoms with Gasteiger partial charge in [0.15, 0.2) is 0 Å². The van der Waals surface area contributed by atoms with Gasteiger partial charge in [0.05, 0.1) is 0 Å². The predicted octanol–water partition coefficient (Wildman–Crippen LogP) is 1.50. The van der Waals surface area contributed by atoms with Crippen molar-refractivity contribution in [3.8, 4) is 0 Å². The standard InChI is InChI=1S/C7H6/c1-2-5-6-3-4(1)7(5)6/h1-2,4-5H,3H2. The van der Waals surface area contributed by atoms with E-state index in [2.05, 4.69) is 12.2 Å². The third-order valence-electron chi connectivity index (χ3n) is 2.37. The summed E-state index contributed by atoms with van der Waals surface area (Å²) in [5, 5.41) is 0. The Hall–Kier alpha value is -0.520. The van der Waals surface area contributed by atoms with Crippen molar-refractivity contribution < 1.29 is 0 Å². The Morgan fingerprint density at radius 2 is 2.43 bits per heavy atom. The van der Waals surface area contributed by atoms with Crippen LogP contribution in [0, 0.1) is 11.8 Å². The molecule has 0 fully saturated rings. The van der Waals surface area contributed by atoms with Crippen molar-refractivity contribution in [1.29, 1.82) is 0 Å². The lowest BCUT2D eigenvalue weighted by Gasteiger charge is -2.09. The second-order valence-corrected chi connectivity index (χ2v) is 2.65. The van der Waals surface area contributed by atoms with Crippen LogP contribution < -0.4 is 0 Å². The van der Waals surface area contributed by atoms with E-state index >= 15 is 0 Å². The van der Waals surface area contributed by atoms with Crippen molar-refractivity contribution in [2.24, 2.45) is 11.8 Å². The Kier molecular flexibility index (Phi) is 0.203. The fraction of sp³-hybridized carbons (Fsp3) is 0.429. The fourth-order valence-corrected chi connectivity index (χ4v) is 1.87. The summed E-state index contributed by atoms with van der Waals surface area (Å²) in [7, 11) is 0. The molecule has 3 rings (SSSR count). The molecule has 0 aliphatic heterocycles. The summed E-state index contributed by atoms with van der Waals surface area (Å²) >= 11 is 0. The maximum atomic E-state index is 2.35. The van der Waals surface area contributed by atoms with Crippen molar-refractivity contribution in [1.82, 2.24) is 0 Å². The Labute approximate surface area is 42.5 Å². The van der Waals surface area contributed by atoms with E-state index in [1.807, 2.05) is 0 Å². The predicted molar refractivity (Wildman–Crippen MR) is 27.8 cm³/mol. The molecule has 0 heteroatoms. The van der Waals surface area contributed by atoms with Gasteiger partial charge in [-0.15, -0.1) is 0 Å². The van der Waals surface area contributed by atoms with Crippen molar-refractivity contribution in [3.63, 3.8) is 0 Å². The third-order valence-corrected chi connectivity index (χ3v) is 2.37. The van der Waals surface area contributed by atoms with Crippen LogP contribution >= 0.6 is 0 Å². The highest BCUT2D eigenvalue weighted by Crippen LogP contribution is 2.63. The van der Waals surface area contributed by atoms with Crippen LogP contribution in [0.4, 0.5) is 0 Å². The van der Waals surface area contributed by atoms with Crippen LogP contribution in [-0.4, -0.2) is 0 Å². The second-order valence-electron chi connectivity index (χ2n) is 2.65. The quantitative estimate of drug-likeness (QED) is 0.395. The summed E-state index contributed by atoms with van der Waals surface area (Å²) in [5.74, 6) is 1.84. The zero-order valence-corrected chi connectivity index (χ0v) is 4.02. The molecule has 0 aromatic carbocycles.